The van der Waals surface area contributed by atoms with E-state index >= 15 is 0 Å². The molecule has 3 aromatic heterocycles. The Bertz CT molecular complexity index is 1520. The number of carbonyl (C=O) groups excluding carboxylic acids is 1. The van der Waals surface area contributed by atoms with Crippen molar-refractivity contribution in [2.75, 3.05) is 50.7 Å². The number of pyridine rings is 1. The lowest BCUT2D eigenvalue weighted by atomic mass is 9.95. The number of benzene rings is 1. The van der Waals surface area contributed by atoms with Crippen molar-refractivity contribution >= 4 is 36.3 Å². The minimum absolute atomic E-state index is 0.388. The summed E-state index contributed by atoms with van der Waals surface area (Å²) in [7, 11) is 8.51. The summed E-state index contributed by atoms with van der Waals surface area (Å²) in [6, 6.07) is 8.41. The Morgan fingerprint density at radius 1 is 1.14 bits per heavy atom. The van der Waals surface area contributed by atoms with Crippen LogP contribution in [-0.4, -0.2) is 99.7 Å². The fourth-order valence-electron chi connectivity index (χ4n) is 5.34. The van der Waals surface area contributed by atoms with Crippen LogP contribution in [-0.2, 0) is 24.9 Å². The number of hydrogen-bond acceptors (Lipinski definition) is 8. The predicted molar refractivity (Wildman–Crippen MR) is 171 cm³/mol. The Balaban J connectivity index is 1.21. The molecule has 0 atom stereocenters. The number of aromatic nitrogens is 5. The Hall–Kier alpha value is -3.90. The standard InChI is InChI=1S/C31H42BN9O2/c1-6-39(12-11-34-30(42)43-31(2,3)4)19-22-7-9-23(10-8-22)28-36-26-27(25(32)18-35-29(26)37-28)41-15-13-40(14-16-41)20-24-17-33-21-38(24)5/h7-10,17-18,21H,6,11-16,19-20H2,1-5H3,(H,34,42)(H,35,36,37). The van der Waals surface area contributed by atoms with Crippen LogP contribution < -0.4 is 15.7 Å². The molecular formula is C31H42BN9O2. The maximum Gasteiger partial charge on any atom is 0.407 e. The number of rotatable bonds is 10. The highest BCUT2D eigenvalue weighted by molar-refractivity contribution is 6.37. The summed E-state index contributed by atoms with van der Waals surface area (Å²) < 4.78 is 7.40. The molecule has 0 aliphatic carbocycles. The molecule has 12 heteroatoms. The molecule has 2 radical (unpaired) electrons. The Kier molecular flexibility index (Phi) is 9.36. The van der Waals surface area contributed by atoms with Gasteiger partial charge in [-0.2, -0.15) is 0 Å². The van der Waals surface area contributed by atoms with Crippen LogP contribution in [0.4, 0.5) is 10.5 Å². The molecule has 1 aliphatic heterocycles. The van der Waals surface area contributed by atoms with Gasteiger partial charge in [-0.3, -0.25) is 9.80 Å². The molecule has 0 saturated carbocycles. The van der Waals surface area contributed by atoms with E-state index in [9.17, 15) is 4.79 Å². The minimum Gasteiger partial charge on any atom is -0.444 e. The number of anilines is 1. The smallest absolute Gasteiger partial charge is 0.407 e. The molecule has 4 aromatic rings. The number of amides is 1. The van der Waals surface area contributed by atoms with Gasteiger partial charge in [0.2, 0.25) is 0 Å². The van der Waals surface area contributed by atoms with Crippen molar-refractivity contribution in [1.82, 2.24) is 39.6 Å². The molecule has 1 aliphatic rings. The van der Waals surface area contributed by atoms with E-state index < -0.39 is 5.60 Å². The number of H-pyrrole nitrogens is 1. The number of carbonyl (C=O) groups is 1. The zero-order valence-corrected chi connectivity index (χ0v) is 25.9. The van der Waals surface area contributed by atoms with Crippen LogP contribution in [0.15, 0.2) is 43.0 Å². The fraction of sp³-hybridized carbons (Fsp3) is 0.484. The van der Waals surface area contributed by atoms with Gasteiger partial charge in [0.05, 0.1) is 17.7 Å². The van der Waals surface area contributed by atoms with E-state index in [-0.39, 0.29) is 6.09 Å². The zero-order chi connectivity index (χ0) is 30.6. The number of imidazole rings is 2. The van der Waals surface area contributed by atoms with E-state index in [2.05, 4.69) is 70.7 Å². The third-order valence-corrected chi connectivity index (χ3v) is 7.69. The molecule has 43 heavy (non-hydrogen) atoms. The quantitative estimate of drug-likeness (QED) is 0.275. The molecule has 1 saturated heterocycles. The summed E-state index contributed by atoms with van der Waals surface area (Å²) in [6.07, 6.45) is 5.10. The first kappa shape index (κ1) is 30.6. The van der Waals surface area contributed by atoms with Crippen LogP contribution in [0.2, 0.25) is 0 Å². The number of likely N-dealkylation sites (N-methyl/N-ethyl adjacent to an activating group) is 1. The number of fused-ring (bicyclic) bond motifs is 1. The summed E-state index contributed by atoms with van der Waals surface area (Å²) in [6.45, 7) is 15.1. The monoisotopic (exact) mass is 583 g/mol. The third kappa shape index (κ3) is 7.74. The highest BCUT2D eigenvalue weighted by Gasteiger charge is 2.23. The predicted octanol–water partition coefficient (Wildman–Crippen LogP) is 2.82. The number of nitrogens with one attached hydrogen (secondary N) is 2. The van der Waals surface area contributed by atoms with Crippen molar-refractivity contribution in [2.24, 2.45) is 7.05 Å². The number of ether oxygens (including phenoxy) is 1. The lowest BCUT2D eigenvalue weighted by Gasteiger charge is -2.36. The van der Waals surface area contributed by atoms with Gasteiger partial charge in [0, 0.05) is 77.4 Å². The van der Waals surface area contributed by atoms with Gasteiger partial charge >= 0.3 is 6.09 Å². The summed E-state index contributed by atoms with van der Waals surface area (Å²) in [5.74, 6) is 0.768. The van der Waals surface area contributed by atoms with E-state index in [1.165, 1.54) is 11.3 Å². The van der Waals surface area contributed by atoms with Crippen LogP contribution >= 0.6 is 0 Å². The number of aromatic amines is 1. The van der Waals surface area contributed by atoms with Gasteiger partial charge in [0.1, 0.15) is 24.8 Å². The van der Waals surface area contributed by atoms with E-state index in [4.69, 9.17) is 17.6 Å². The van der Waals surface area contributed by atoms with Crippen molar-refractivity contribution < 1.29 is 9.53 Å². The normalized spacial score (nSPS) is 14.5. The van der Waals surface area contributed by atoms with Gasteiger partial charge in [-0.05, 0) is 32.9 Å². The van der Waals surface area contributed by atoms with Crippen molar-refractivity contribution in [3.05, 3.63) is 54.2 Å². The van der Waals surface area contributed by atoms with Crippen LogP contribution in [0.1, 0.15) is 39.0 Å². The van der Waals surface area contributed by atoms with Crippen LogP contribution in [0.3, 0.4) is 0 Å². The van der Waals surface area contributed by atoms with E-state index in [0.717, 1.165) is 74.9 Å². The lowest BCUT2D eigenvalue weighted by Crippen LogP contribution is -2.47. The van der Waals surface area contributed by atoms with Crippen LogP contribution in [0.5, 0.6) is 0 Å². The number of alkyl carbamates (subject to hydrolysis) is 1. The molecule has 4 heterocycles. The average molecular weight is 584 g/mol. The van der Waals surface area contributed by atoms with Gasteiger partial charge in [-0.15, -0.1) is 0 Å². The number of aryl methyl sites for hydroxylation is 1. The largest absolute Gasteiger partial charge is 0.444 e. The van der Waals surface area contributed by atoms with E-state index in [1.807, 2.05) is 40.3 Å². The highest BCUT2D eigenvalue weighted by atomic mass is 16.6. The van der Waals surface area contributed by atoms with Gasteiger partial charge in [0.15, 0.2) is 5.65 Å². The number of piperazine rings is 1. The molecule has 226 valence electrons. The molecular weight excluding hydrogens is 541 g/mol. The first-order valence-electron chi connectivity index (χ1n) is 14.9. The molecule has 1 aromatic carbocycles. The Morgan fingerprint density at radius 3 is 2.53 bits per heavy atom. The third-order valence-electron chi connectivity index (χ3n) is 7.69. The van der Waals surface area contributed by atoms with E-state index in [1.54, 1.807) is 6.20 Å². The topological polar surface area (TPSA) is 107 Å². The maximum absolute atomic E-state index is 12.0. The highest BCUT2D eigenvalue weighted by Crippen LogP contribution is 2.27. The van der Waals surface area contributed by atoms with Crippen molar-refractivity contribution in [1.29, 1.82) is 0 Å². The second-order valence-electron chi connectivity index (χ2n) is 12.1. The second kappa shape index (κ2) is 13.2. The van der Waals surface area contributed by atoms with Crippen molar-refractivity contribution in [3.63, 3.8) is 0 Å². The van der Waals surface area contributed by atoms with Gasteiger partial charge < -0.3 is 24.5 Å². The van der Waals surface area contributed by atoms with Crippen molar-refractivity contribution in [2.45, 2.75) is 46.4 Å². The van der Waals surface area contributed by atoms with Crippen molar-refractivity contribution in [3.8, 4) is 11.4 Å². The van der Waals surface area contributed by atoms with Gasteiger partial charge in [-0.25, -0.2) is 19.7 Å². The van der Waals surface area contributed by atoms with E-state index in [0.29, 0.717) is 17.7 Å². The molecule has 0 unspecified atom stereocenters. The number of hydrogen-bond donors (Lipinski definition) is 2. The summed E-state index contributed by atoms with van der Waals surface area (Å²) in [5, 5.41) is 2.84. The van der Waals surface area contributed by atoms with Gasteiger partial charge in [-0.1, -0.05) is 36.7 Å². The average Bonchev–Trinajstić information content (AvgIpc) is 3.58. The summed E-state index contributed by atoms with van der Waals surface area (Å²) in [4.78, 5) is 36.1. The molecule has 1 amide bonds. The molecule has 5 rings (SSSR count). The SMILES string of the molecule is [B]c1cnc2nc(-c3ccc(CN(CC)CCNC(=O)OC(C)(C)C)cc3)[nH]c2c1N1CCN(Cc2cncn2C)CC1. The molecule has 0 spiro atoms. The minimum atomic E-state index is -0.503. The molecule has 11 nitrogen and oxygen atoms in total. The molecule has 0 bridgehead atoms. The lowest BCUT2D eigenvalue weighted by molar-refractivity contribution is 0.0522. The van der Waals surface area contributed by atoms with Crippen LogP contribution in [0.25, 0.3) is 22.6 Å². The first-order valence-corrected chi connectivity index (χ1v) is 14.9. The number of nitrogens with zero attached hydrogens (tertiary/aromatic N) is 7. The van der Waals surface area contributed by atoms with Crippen LogP contribution in [0, 0.1) is 0 Å². The Morgan fingerprint density at radius 2 is 1.88 bits per heavy atom. The summed E-state index contributed by atoms with van der Waals surface area (Å²) >= 11 is 0. The first-order chi connectivity index (χ1) is 20.6. The fourth-order valence-corrected chi connectivity index (χ4v) is 5.34. The molecule has 2 N–H and O–H groups in total. The Labute approximate surface area is 255 Å². The second-order valence-corrected chi connectivity index (χ2v) is 12.1. The maximum atomic E-state index is 12.0. The van der Waals surface area contributed by atoms with Gasteiger partial charge in [0.25, 0.3) is 0 Å². The molecule has 1 fully saturated rings. The summed E-state index contributed by atoms with van der Waals surface area (Å²) in [5.41, 5.74) is 6.03. The zero-order valence-electron chi connectivity index (χ0n) is 25.9.